The highest BCUT2D eigenvalue weighted by atomic mass is 32.1. The number of aliphatic hydroxyl groups is 1. The summed E-state index contributed by atoms with van der Waals surface area (Å²) in [5.41, 5.74) is 1.24. The molecular formula is C19H21F2N3O2S. The molecule has 2 fully saturated rings. The number of piperidine rings is 1. The van der Waals surface area contributed by atoms with Gasteiger partial charge in [-0.3, -0.25) is 4.79 Å². The minimum Gasteiger partial charge on any atom is -0.390 e. The van der Waals surface area contributed by atoms with Crippen molar-refractivity contribution in [3.05, 3.63) is 46.5 Å². The Morgan fingerprint density at radius 1 is 1.22 bits per heavy atom. The summed E-state index contributed by atoms with van der Waals surface area (Å²) < 4.78 is 26.5. The number of benzene rings is 1. The van der Waals surface area contributed by atoms with Crippen molar-refractivity contribution in [1.82, 2.24) is 9.88 Å². The zero-order valence-corrected chi connectivity index (χ0v) is 15.6. The third-order valence-electron chi connectivity index (χ3n) is 5.56. The Labute approximate surface area is 160 Å². The van der Waals surface area contributed by atoms with E-state index in [9.17, 15) is 13.6 Å². The van der Waals surface area contributed by atoms with Crippen molar-refractivity contribution in [2.75, 3.05) is 24.5 Å². The van der Waals surface area contributed by atoms with Gasteiger partial charge in [0.25, 0.3) is 0 Å². The lowest BCUT2D eigenvalue weighted by Gasteiger charge is -2.38. The molecule has 3 heterocycles. The Kier molecular flexibility index (Phi) is 4.86. The average Bonchev–Trinajstić information content (AvgIpc) is 3.24. The van der Waals surface area contributed by atoms with Crippen LogP contribution in [-0.2, 0) is 17.9 Å². The number of hydrogen-bond acceptors (Lipinski definition) is 5. The van der Waals surface area contributed by atoms with E-state index in [2.05, 4.69) is 9.88 Å². The second-order valence-electron chi connectivity index (χ2n) is 7.44. The molecule has 4 rings (SSSR count). The number of rotatable bonds is 4. The third-order valence-corrected chi connectivity index (χ3v) is 6.51. The van der Waals surface area contributed by atoms with E-state index in [1.807, 2.05) is 5.38 Å². The Bertz CT molecular complexity index is 849. The first-order valence-corrected chi connectivity index (χ1v) is 9.88. The van der Waals surface area contributed by atoms with Gasteiger partial charge < -0.3 is 14.9 Å². The molecule has 1 aromatic heterocycles. The van der Waals surface area contributed by atoms with Crippen molar-refractivity contribution in [2.24, 2.45) is 5.41 Å². The zero-order valence-electron chi connectivity index (χ0n) is 14.8. The molecule has 2 aliphatic rings. The van der Waals surface area contributed by atoms with E-state index in [0.717, 1.165) is 43.2 Å². The Morgan fingerprint density at radius 2 is 2.00 bits per heavy atom. The van der Waals surface area contributed by atoms with Crippen LogP contribution in [0.15, 0.2) is 23.6 Å². The highest BCUT2D eigenvalue weighted by Gasteiger charge is 2.45. The molecule has 2 saturated heterocycles. The first kappa shape index (κ1) is 18.3. The number of carbonyl (C=O) groups excluding carboxylic acids is 1. The van der Waals surface area contributed by atoms with Gasteiger partial charge in [-0.15, -0.1) is 11.3 Å². The van der Waals surface area contributed by atoms with Crippen LogP contribution in [0.2, 0.25) is 0 Å². The fourth-order valence-corrected chi connectivity index (χ4v) is 4.88. The van der Waals surface area contributed by atoms with Gasteiger partial charge in [0.15, 0.2) is 16.8 Å². The Morgan fingerprint density at radius 3 is 2.67 bits per heavy atom. The van der Waals surface area contributed by atoms with Gasteiger partial charge in [-0.1, -0.05) is 6.07 Å². The summed E-state index contributed by atoms with van der Waals surface area (Å²) in [7, 11) is 0. The normalized spacial score (nSPS) is 19.3. The molecule has 0 aliphatic carbocycles. The molecule has 1 amide bonds. The topological polar surface area (TPSA) is 56.7 Å². The number of anilines is 1. The smallest absolute Gasteiger partial charge is 0.223 e. The standard InChI is InChI=1S/C19H21F2N3O2S/c20-15-2-1-13(7-16(15)21)9-24-12-19(8-17(24)26)3-5-23(6-4-19)18-22-14(10-25)11-27-18/h1-2,7,11,25H,3-6,8-10,12H2. The Balaban J connectivity index is 1.39. The van der Waals surface area contributed by atoms with Crippen LogP contribution in [0, 0.1) is 17.0 Å². The van der Waals surface area contributed by atoms with E-state index < -0.39 is 11.6 Å². The lowest BCUT2D eigenvalue weighted by Crippen LogP contribution is -2.41. The predicted molar refractivity (Wildman–Crippen MR) is 98.3 cm³/mol. The highest BCUT2D eigenvalue weighted by molar-refractivity contribution is 7.13. The molecule has 27 heavy (non-hydrogen) atoms. The van der Waals surface area contributed by atoms with Crippen molar-refractivity contribution in [2.45, 2.75) is 32.4 Å². The summed E-state index contributed by atoms with van der Waals surface area (Å²) in [5.74, 6) is -1.68. The lowest BCUT2D eigenvalue weighted by atomic mass is 9.78. The van der Waals surface area contributed by atoms with Crippen molar-refractivity contribution in [3.8, 4) is 0 Å². The summed E-state index contributed by atoms with van der Waals surface area (Å²) >= 11 is 1.53. The number of likely N-dealkylation sites (tertiary alicyclic amines) is 1. The minimum atomic E-state index is -0.882. The van der Waals surface area contributed by atoms with Crippen LogP contribution in [0.1, 0.15) is 30.5 Å². The van der Waals surface area contributed by atoms with E-state index >= 15 is 0 Å². The first-order chi connectivity index (χ1) is 13.0. The second-order valence-corrected chi connectivity index (χ2v) is 8.28. The molecule has 1 aromatic carbocycles. The number of thiazole rings is 1. The van der Waals surface area contributed by atoms with E-state index in [4.69, 9.17) is 5.11 Å². The average molecular weight is 393 g/mol. The molecule has 0 unspecified atom stereocenters. The molecular weight excluding hydrogens is 372 g/mol. The summed E-state index contributed by atoms with van der Waals surface area (Å²) in [6, 6.07) is 3.80. The molecule has 1 spiro atoms. The maximum absolute atomic E-state index is 13.4. The number of amides is 1. The zero-order chi connectivity index (χ0) is 19.0. The van der Waals surface area contributed by atoms with Gasteiger partial charge in [0.1, 0.15) is 0 Å². The van der Waals surface area contributed by atoms with Crippen LogP contribution in [0.5, 0.6) is 0 Å². The van der Waals surface area contributed by atoms with Crippen LogP contribution in [0.4, 0.5) is 13.9 Å². The second kappa shape index (κ2) is 7.16. The summed E-state index contributed by atoms with van der Waals surface area (Å²) in [6.45, 7) is 2.56. The highest BCUT2D eigenvalue weighted by Crippen LogP contribution is 2.42. The molecule has 8 heteroatoms. The number of hydrogen-bond donors (Lipinski definition) is 1. The van der Waals surface area contributed by atoms with Crippen molar-refractivity contribution in [3.63, 3.8) is 0 Å². The van der Waals surface area contributed by atoms with Crippen LogP contribution in [-0.4, -0.2) is 40.5 Å². The van der Waals surface area contributed by atoms with E-state index in [1.54, 1.807) is 4.90 Å². The lowest BCUT2D eigenvalue weighted by molar-refractivity contribution is -0.128. The van der Waals surface area contributed by atoms with Crippen LogP contribution in [0.3, 0.4) is 0 Å². The quantitative estimate of drug-likeness (QED) is 0.868. The molecule has 2 aromatic rings. The Hall–Kier alpha value is -2.06. The molecule has 144 valence electrons. The van der Waals surface area contributed by atoms with E-state index in [0.29, 0.717) is 30.8 Å². The van der Waals surface area contributed by atoms with Crippen LogP contribution in [0.25, 0.3) is 0 Å². The van der Waals surface area contributed by atoms with Gasteiger partial charge in [0.2, 0.25) is 5.91 Å². The summed E-state index contributed by atoms with van der Waals surface area (Å²) in [6.07, 6.45) is 2.28. The third kappa shape index (κ3) is 3.68. The number of nitrogens with zero attached hydrogens (tertiary/aromatic N) is 3. The predicted octanol–water partition coefficient (Wildman–Crippen LogP) is 2.93. The number of halogens is 2. The van der Waals surface area contributed by atoms with Crippen molar-refractivity contribution >= 4 is 22.4 Å². The SMILES string of the molecule is O=C1CC2(CCN(c3nc(CO)cs3)CC2)CN1Cc1ccc(F)c(F)c1. The maximum Gasteiger partial charge on any atom is 0.223 e. The molecule has 0 saturated carbocycles. The molecule has 2 aliphatic heterocycles. The molecule has 1 N–H and O–H groups in total. The minimum absolute atomic E-state index is 0.0524. The van der Waals surface area contributed by atoms with Gasteiger partial charge in [0, 0.05) is 43.4 Å². The van der Waals surface area contributed by atoms with Gasteiger partial charge in [-0.05, 0) is 30.5 Å². The summed E-state index contributed by atoms with van der Waals surface area (Å²) in [4.78, 5) is 20.9. The fraction of sp³-hybridized carbons (Fsp3) is 0.474. The fourth-order valence-electron chi connectivity index (χ4n) is 4.01. The van der Waals surface area contributed by atoms with Gasteiger partial charge in [-0.2, -0.15) is 0 Å². The summed E-state index contributed by atoms with van der Waals surface area (Å²) in [5, 5.41) is 11.9. The van der Waals surface area contributed by atoms with Crippen LogP contribution >= 0.6 is 11.3 Å². The van der Waals surface area contributed by atoms with E-state index in [1.165, 1.54) is 17.4 Å². The van der Waals surface area contributed by atoms with Crippen LogP contribution < -0.4 is 4.90 Å². The molecule has 0 atom stereocenters. The van der Waals surface area contributed by atoms with Gasteiger partial charge >= 0.3 is 0 Å². The van der Waals surface area contributed by atoms with Crippen molar-refractivity contribution in [1.29, 1.82) is 0 Å². The monoisotopic (exact) mass is 393 g/mol. The van der Waals surface area contributed by atoms with Crippen molar-refractivity contribution < 1.29 is 18.7 Å². The molecule has 0 radical (unpaired) electrons. The maximum atomic E-state index is 13.4. The number of carbonyl (C=O) groups is 1. The largest absolute Gasteiger partial charge is 0.390 e. The van der Waals surface area contributed by atoms with Gasteiger partial charge in [-0.25, -0.2) is 13.8 Å². The van der Waals surface area contributed by atoms with E-state index in [-0.39, 0.29) is 17.9 Å². The number of aromatic nitrogens is 1. The molecule has 5 nitrogen and oxygen atoms in total. The van der Waals surface area contributed by atoms with Gasteiger partial charge in [0.05, 0.1) is 12.3 Å². The first-order valence-electron chi connectivity index (χ1n) is 9.00. The molecule has 0 bridgehead atoms. The number of aliphatic hydroxyl groups excluding tert-OH is 1.